The fraction of sp³-hybridized carbons (Fsp3) is 1.00. The van der Waals surface area contributed by atoms with Crippen LogP contribution >= 0.6 is 0 Å². The Morgan fingerprint density at radius 3 is 2.09 bits per heavy atom. The average molecular weight is 159 g/mol. The van der Waals surface area contributed by atoms with Crippen molar-refractivity contribution < 1.29 is 4.39 Å². The molecule has 1 unspecified atom stereocenters. The summed E-state index contributed by atoms with van der Waals surface area (Å²) in [5, 5.41) is 0. The SMILES string of the molecule is CN1C[C@H](F)CC1C(C)(C)C. The lowest BCUT2D eigenvalue weighted by Gasteiger charge is -2.32. The molecular formula is C9H18FN. The first-order chi connectivity index (χ1) is 4.91. The van der Waals surface area contributed by atoms with Crippen molar-refractivity contribution in [2.75, 3.05) is 13.6 Å². The van der Waals surface area contributed by atoms with Gasteiger partial charge in [-0.3, -0.25) is 4.90 Å². The van der Waals surface area contributed by atoms with E-state index in [1.807, 2.05) is 7.05 Å². The molecule has 66 valence electrons. The second kappa shape index (κ2) is 2.74. The van der Waals surface area contributed by atoms with Crippen LogP contribution in [0.3, 0.4) is 0 Å². The molecule has 0 saturated carbocycles. The first-order valence-electron chi connectivity index (χ1n) is 4.25. The minimum Gasteiger partial charge on any atom is -0.300 e. The number of rotatable bonds is 0. The van der Waals surface area contributed by atoms with Crippen molar-refractivity contribution in [3.63, 3.8) is 0 Å². The zero-order chi connectivity index (χ0) is 8.65. The fourth-order valence-corrected chi connectivity index (χ4v) is 1.95. The van der Waals surface area contributed by atoms with Crippen LogP contribution < -0.4 is 0 Å². The van der Waals surface area contributed by atoms with Crippen LogP contribution in [-0.2, 0) is 0 Å². The van der Waals surface area contributed by atoms with E-state index in [9.17, 15) is 4.39 Å². The highest BCUT2D eigenvalue weighted by Gasteiger charge is 2.36. The first-order valence-corrected chi connectivity index (χ1v) is 4.25. The smallest absolute Gasteiger partial charge is 0.114 e. The quantitative estimate of drug-likeness (QED) is 0.523. The summed E-state index contributed by atoms with van der Waals surface area (Å²) in [6.45, 7) is 7.13. The van der Waals surface area contributed by atoms with Gasteiger partial charge in [-0.15, -0.1) is 0 Å². The minimum atomic E-state index is -0.607. The molecule has 0 spiro atoms. The van der Waals surface area contributed by atoms with Crippen LogP contribution in [-0.4, -0.2) is 30.7 Å². The number of nitrogens with zero attached hydrogens (tertiary/aromatic N) is 1. The van der Waals surface area contributed by atoms with Crippen LogP contribution in [0.25, 0.3) is 0 Å². The summed E-state index contributed by atoms with van der Waals surface area (Å²) in [6.07, 6.45) is 0.101. The van der Waals surface area contributed by atoms with Crippen molar-refractivity contribution in [1.29, 1.82) is 0 Å². The maximum absolute atomic E-state index is 12.9. The van der Waals surface area contributed by atoms with Gasteiger partial charge in [0.1, 0.15) is 6.17 Å². The lowest BCUT2D eigenvalue weighted by Crippen LogP contribution is -2.36. The number of alkyl halides is 1. The Morgan fingerprint density at radius 2 is 1.91 bits per heavy atom. The highest BCUT2D eigenvalue weighted by Crippen LogP contribution is 2.32. The van der Waals surface area contributed by atoms with Crippen molar-refractivity contribution in [3.8, 4) is 0 Å². The topological polar surface area (TPSA) is 3.24 Å². The molecule has 0 bridgehead atoms. The van der Waals surface area contributed by atoms with E-state index in [-0.39, 0.29) is 5.41 Å². The van der Waals surface area contributed by atoms with Gasteiger partial charge in [-0.05, 0) is 18.9 Å². The zero-order valence-corrected chi connectivity index (χ0v) is 7.89. The van der Waals surface area contributed by atoms with E-state index < -0.39 is 6.17 Å². The normalized spacial score (nSPS) is 34.6. The number of halogens is 1. The molecule has 1 aliphatic rings. The van der Waals surface area contributed by atoms with E-state index in [1.165, 1.54) is 0 Å². The molecule has 11 heavy (non-hydrogen) atoms. The average Bonchev–Trinajstić information content (AvgIpc) is 2.08. The molecular weight excluding hydrogens is 141 g/mol. The van der Waals surface area contributed by atoms with Crippen LogP contribution in [0.5, 0.6) is 0 Å². The Balaban J connectivity index is 2.60. The van der Waals surface area contributed by atoms with Gasteiger partial charge >= 0.3 is 0 Å². The van der Waals surface area contributed by atoms with Crippen molar-refractivity contribution in [3.05, 3.63) is 0 Å². The molecule has 0 amide bonds. The number of hydrogen-bond donors (Lipinski definition) is 0. The summed E-state index contributed by atoms with van der Waals surface area (Å²) in [6, 6.07) is 0.414. The van der Waals surface area contributed by atoms with Crippen molar-refractivity contribution in [1.82, 2.24) is 4.90 Å². The van der Waals surface area contributed by atoms with Crippen LogP contribution in [0.1, 0.15) is 27.2 Å². The maximum atomic E-state index is 12.9. The van der Waals surface area contributed by atoms with Crippen molar-refractivity contribution >= 4 is 0 Å². The van der Waals surface area contributed by atoms with Crippen LogP contribution in [0, 0.1) is 5.41 Å². The molecule has 1 fully saturated rings. The Hall–Kier alpha value is -0.110. The summed E-state index contributed by atoms with van der Waals surface area (Å²) in [5.74, 6) is 0. The summed E-state index contributed by atoms with van der Waals surface area (Å²) in [5.41, 5.74) is 0.218. The predicted molar refractivity (Wildman–Crippen MR) is 45.4 cm³/mol. The van der Waals surface area contributed by atoms with Gasteiger partial charge in [-0.25, -0.2) is 4.39 Å². The van der Waals surface area contributed by atoms with Crippen molar-refractivity contribution in [2.45, 2.75) is 39.4 Å². The van der Waals surface area contributed by atoms with Gasteiger partial charge < -0.3 is 0 Å². The Kier molecular flexibility index (Phi) is 2.24. The van der Waals surface area contributed by atoms with E-state index in [1.54, 1.807) is 0 Å². The molecule has 1 aliphatic heterocycles. The molecule has 2 atom stereocenters. The summed E-state index contributed by atoms with van der Waals surface area (Å²) in [4.78, 5) is 2.13. The van der Waals surface area contributed by atoms with E-state index in [0.29, 0.717) is 19.0 Å². The Bertz CT molecular complexity index is 139. The second-order valence-electron chi connectivity index (χ2n) is 4.65. The largest absolute Gasteiger partial charge is 0.300 e. The third kappa shape index (κ3) is 1.92. The highest BCUT2D eigenvalue weighted by molar-refractivity contribution is 4.90. The monoisotopic (exact) mass is 159 g/mol. The maximum Gasteiger partial charge on any atom is 0.114 e. The first kappa shape index (κ1) is 8.98. The van der Waals surface area contributed by atoms with Crippen LogP contribution in [0.4, 0.5) is 4.39 Å². The molecule has 1 rings (SSSR count). The molecule has 1 saturated heterocycles. The minimum absolute atomic E-state index is 0.218. The molecule has 2 heteroatoms. The van der Waals surface area contributed by atoms with Gasteiger partial charge in [0, 0.05) is 12.6 Å². The highest BCUT2D eigenvalue weighted by atomic mass is 19.1. The molecule has 0 aromatic carbocycles. The van der Waals surface area contributed by atoms with E-state index in [4.69, 9.17) is 0 Å². The van der Waals surface area contributed by atoms with E-state index in [2.05, 4.69) is 25.7 Å². The molecule has 0 aromatic heterocycles. The van der Waals surface area contributed by atoms with Gasteiger partial charge in [-0.2, -0.15) is 0 Å². The Labute approximate surface area is 68.6 Å². The molecule has 1 nitrogen and oxygen atoms in total. The fourth-order valence-electron chi connectivity index (χ4n) is 1.95. The molecule has 0 radical (unpaired) electrons. The lowest BCUT2D eigenvalue weighted by molar-refractivity contribution is 0.169. The third-order valence-electron chi connectivity index (χ3n) is 2.50. The summed E-state index contributed by atoms with van der Waals surface area (Å²) in [7, 11) is 2.01. The second-order valence-corrected chi connectivity index (χ2v) is 4.65. The number of hydrogen-bond acceptors (Lipinski definition) is 1. The van der Waals surface area contributed by atoms with Crippen molar-refractivity contribution in [2.24, 2.45) is 5.41 Å². The molecule has 1 heterocycles. The zero-order valence-electron chi connectivity index (χ0n) is 7.89. The van der Waals surface area contributed by atoms with Gasteiger partial charge in [-0.1, -0.05) is 20.8 Å². The van der Waals surface area contributed by atoms with Gasteiger partial charge in [0.25, 0.3) is 0 Å². The molecule has 0 aromatic rings. The van der Waals surface area contributed by atoms with E-state index >= 15 is 0 Å². The number of likely N-dealkylation sites (tertiary alicyclic amines) is 1. The summed E-state index contributed by atoms with van der Waals surface area (Å²) >= 11 is 0. The lowest BCUT2D eigenvalue weighted by atomic mass is 9.85. The standard InChI is InChI=1S/C9H18FN/c1-9(2,3)8-5-7(10)6-11(8)4/h7-8H,5-6H2,1-4H3/t7-,8?/m1/s1. The van der Waals surface area contributed by atoms with Crippen LogP contribution in [0.15, 0.2) is 0 Å². The van der Waals surface area contributed by atoms with Gasteiger partial charge in [0.2, 0.25) is 0 Å². The van der Waals surface area contributed by atoms with E-state index in [0.717, 1.165) is 0 Å². The van der Waals surface area contributed by atoms with Crippen LogP contribution in [0.2, 0.25) is 0 Å². The predicted octanol–water partition coefficient (Wildman–Crippen LogP) is 2.07. The van der Waals surface area contributed by atoms with Gasteiger partial charge in [0.15, 0.2) is 0 Å². The summed E-state index contributed by atoms with van der Waals surface area (Å²) < 4.78 is 12.9. The third-order valence-corrected chi connectivity index (χ3v) is 2.50. The molecule has 0 aliphatic carbocycles. The van der Waals surface area contributed by atoms with Gasteiger partial charge in [0.05, 0.1) is 0 Å². The Morgan fingerprint density at radius 1 is 1.36 bits per heavy atom. The molecule has 0 N–H and O–H groups in total.